The summed E-state index contributed by atoms with van der Waals surface area (Å²) in [6, 6.07) is 3.85. The molecule has 0 bridgehead atoms. The Morgan fingerprint density at radius 2 is 1.85 bits per heavy atom. The number of aromatic nitrogens is 1. The highest BCUT2D eigenvalue weighted by atomic mass is 16.4. The van der Waals surface area contributed by atoms with E-state index in [1.54, 1.807) is 6.20 Å². The number of carboxylic acids is 1. The van der Waals surface area contributed by atoms with Crippen LogP contribution in [0, 0.1) is 0 Å². The number of nitrogens with zero attached hydrogens (tertiary/aromatic N) is 1. The van der Waals surface area contributed by atoms with Gasteiger partial charge in [0.2, 0.25) is 11.8 Å². The fraction of sp³-hybridized carbons (Fsp3) is 0.429. The van der Waals surface area contributed by atoms with Crippen LogP contribution >= 0.6 is 0 Å². The summed E-state index contributed by atoms with van der Waals surface area (Å²) in [6.45, 7) is 1.55. The summed E-state index contributed by atoms with van der Waals surface area (Å²) in [5.41, 5.74) is 18.1. The molecule has 0 fully saturated rings. The number of nitrogens with one attached hydrogen (secondary N) is 3. The standard InChI is InChI=1S/C21H31N7O5/c1-11(29)17(20(32)33)28-19(31)16(9-12-10-26-15-7-3-2-5-13(12)15)27-18(30)14(22)6-4-8-25-21(23)24/h2-3,5,7,10-11,14,16-17,26,29H,4,6,8-9,22H2,1H3,(H,27,30)(H,28,31)(H,32,33)(H4,23,24,25). The van der Waals surface area contributed by atoms with E-state index in [4.69, 9.17) is 17.2 Å². The number of aromatic amines is 1. The van der Waals surface area contributed by atoms with Crippen LogP contribution in [0.5, 0.6) is 0 Å². The first-order valence-electron chi connectivity index (χ1n) is 10.5. The van der Waals surface area contributed by atoms with Crippen LogP contribution in [0.2, 0.25) is 0 Å². The molecule has 2 aromatic rings. The van der Waals surface area contributed by atoms with Crippen molar-refractivity contribution in [2.24, 2.45) is 22.2 Å². The molecular weight excluding hydrogens is 430 g/mol. The van der Waals surface area contributed by atoms with Crippen molar-refractivity contribution in [3.05, 3.63) is 36.0 Å². The highest BCUT2D eigenvalue weighted by molar-refractivity contribution is 5.93. The van der Waals surface area contributed by atoms with Crippen molar-refractivity contribution in [2.45, 2.75) is 50.4 Å². The number of aliphatic carboxylic acids is 1. The lowest BCUT2D eigenvalue weighted by atomic mass is 10.0. The topological polar surface area (TPSA) is 222 Å². The van der Waals surface area contributed by atoms with E-state index < -0.39 is 42.0 Å². The van der Waals surface area contributed by atoms with E-state index in [1.165, 1.54) is 6.92 Å². The van der Waals surface area contributed by atoms with Gasteiger partial charge < -0.3 is 43.0 Å². The lowest BCUT2D eigenvalue weighted by Gasteiger charge is -2.24. The zero-order valence-corrected chi connectivity index (χ0v) is 18.3. The number of para-hydroxylation sites is 1. The second-order valence-electron chi connectivity index (χ2n) is 7.75. The summed E-state index contributed by atoms with van der Waals surface area (Å²) < 4.78 is 0. The summed E-state index contributed by atoms with van der Waals surface area (Å²) in [4.78, 5) is 43.9. The third-order valence-electron chi connectivity index (χ3n) is 5.08. The summed E-state index contributed by atoms with van der Waals surface area (Å²) >= 11 is 0. The molecule has 4 unspecified atom stereocenters. The number of benzene rings is 1. The van der Waals surface area contributed by atoms with Gasteiger partial charge in [0.05, 0.1) is 12.1 Å². The first-order chi connectivity index (χ1) is 15.6. The zero-order valence-electron chi connectivity index (χ0n) is 18.3. The molecule has 0 aliphatic carbocycles. The molecular formula is C21H31N7O5. The molecule has 0 saturated carbocycles. The van der Waals surface area contributed by atoms with E-state index in [0.717, 1.165) is 16.5 Å². The molecule has 0 aliphatic heterocycles. The number of guanidine groups is 1. The van der Waals surface area contributed by atoms with Crippen molar-refractivity contribution < 1.29 is 24.6 Å². The molecule has 2 amide bonds. The van der Waals surface area contributed by atoms with Gasteiger partial charge in [-0.1, -0.05) is 18.2 Å². The molecule has 2 rings (SSSR count). The van der Waals surface area contributed by atoms with Crippen LogP contribution in [0.25, 0.3) is 10.9 Å². The monoisotopic (exact) mass is 461 g/mol. The van der Waals surface area contributed by atoms with E-state index in [-0.39, 0.29) is 18.8 Å². The molecule has 4 atom stereocenters. The van der Waals surface area contributed by atoms with Crippen molar-refractivity contribution in [2.75, 3.05) is 6.54 Å². The first kappa shape index (κ1) is 25.6. The van der Waals surface area contributed by atoms with Gasteiger partial charge in [0.1, 0.15) is 6.04 Å². The van der Waals surface area contributed by atoms with Crippen molar-refractivity contribution in [1.29, 1.82) is 0 Å². The highest BCUT2D eigenvalue weighted by Crippen LogP contribution is 2.19. The van der Waals surface area contributed by atoms with Gasteiger partial charge in [-0.15, -0.1) is 0 Å². The maximum atomic E-state index is 12.9. The highest BCUT2D eigenvalue weighted by Gasteiger charge is 2.31. The van der Waals surface area contributed by atoms with Gasteiger partial charge in [0.25, 0.3) is 0 Å². The van der Waals surface area contributed by atoms with E-state index in [9.17, 15) is 24.6 Å². The number of carbonyl (C=O) groups is 3. The Morgan fingerprint density at radius 3 is 2.48 bits per heavy atom. The number of hydrogen-bond donors (Lipinski definition) is 8. The maximum absolute atomic E-state index is 12.9. The van der Waals surface area contributed by atoms with Crippen molar-refractivity contribution in [3.8, 4) is 0 Å². The molecule has 1 aromatic heterocycles. The number of H-pyrrole nitrogens is 1. The van der Waals surface area contributed by atoms with E-state index >= 15 is 0 Å². The van der Waals surface area contributed by atoms with E-state index in [2.05, 4.69) is 20.6 Å². The molecule has 0 spiro atoms. The third-order valence-corrected chi connectivity index (χ3v) is 5.08. The Kier molecular flexibility index (Phi) is 9.18. The smallest absolute Gasteiger partial charge is 0.328 e. The van der Waals surface area contributed by atoms with Crippen LogP contribution in [0.3, 0.4) is 0 Å². The number of amides is 2. The Bertz CT molecular complexity index is 1000. The van der Waals surface area contributed by atoms with Crippen molar-refractivity contribution >= 4 is 34.6 Å². The third kappa shape index (κ3) is 7.47. The van der Waals surface area contributed by atoms with Gasteiger partial charge in [0, 0.05) is 30.1 Å². The molecule has 12 heteroatoms. The van der Waals surface area contributed by atoms with Crippen LogP contribution in [-0.4, -0.2) is 69.7 Å². The largest absolute Gasteiger partial charge is 0.480 e. The molecule has 1 heterocycles. The normalized spacial score (nSPS) is 14.6. The van der Waals surface area contributed by atoms with Crippen LogP contribution in [0.1, 0.15) is 25.3 Å². The number of carbonyl (C=O) groups excluding carboxylic acids is 2. The first-order valence-corrected chi connectivity index (χ1v) is 10.5. The fourth-order valence-electron chi connectivity index (χ4n) is 3.30. The summed E-state index contributed by atoms with van der Waals surface area (Å²) in [7, 11) is 0. The Morgan fingerprint density at radius 1 is 1.15 bits per heavy atom. The summed E-state index contributed by atoms with van der Waals surface area (Å²) in [5.74, 6) is -2.79. The minimum atomic E-state index is -1.53. The van der Waals surface area contributed by atoms with Gasteiger partial charge in [0.15, 0.2) is 12.0 Å². The number of rotatable bonds is 12. The second kappa shape index (κ2) is 11.8. The number of hydrogen-bond acceptors (Lipinski definition) is 6. The lowest BCUT2D eigenvalue weighted by molar-refractivity contribution is -0.145. The average molecular weight is 462 g/mol. The van der Waals surface area contributed by atoms with Gasteiger partial charge in [-0.2, -0.15) is 0 Å². The molecule has 180 valence electrons. The number of aliphatic hydroxyl groups excluding tert-OH is 1. The Hall–Kier alpha value is -3.64. The Balaban J connectivity index is 2.17. The minimum Gasteiger partial charge on any atom is -0.480 e. The fourth-order valence-corrected chi connectivity index (χ4v) is 3.30. The van der Waals surface area contributed by atoms with Gasteiger partial charge in [-0.25, -0.2) is 4.79 Å². The summed E-state index contributed by atoms with van der Waals surface area (Å²) in [5, 5.41) is 24.7. The van der Waals surface area contributed by atoms with E-state index in [0.29, 0.717) is 13.0 Å². The zero-order chi connectivity index (χ0) is 24.5. The average Bonchev–Trinajstić information content (AvgIpc) is 3.16. The molecule has 0 saturated heterocycles. The minimum absolute atomic E-state index is 0.0606. The number of carboxylic acid groups (broad SMARTS) is 1. The van der Waals surface area contributed by atoms with Crippen LogP contribution in [0.4, 0.5) is 0 Å². The summed E-state index contributed by atoms with van der Waals surface area (Å²) in [6.07, 6.45) is 1.18. The lowest BCUT2D eigenvalue weighted by Crippen LogP contribution is -2.57. The molecule has 0 aliphatic rings. The van der Waals surface area contributed by atoms with Crippen LogP contribution < -0.4 is 27.8 Å². The van der Waals surface area contributed by atoms with Crippen molar-refractivity contribution in [1.82, 2.24) is 15.6 Å². The number of aliphatic imine (C=N–C) groups is 1. The SMILES string of the molecule is CC(O)C(NC(=O)C(Cc1c[nH]c2ccccc12)NC(=O)C(N)CCCN=C(N)N)C(=O)O. The molecule has 33 heavy (non-hydrogen) atoms. The van der Waals surface area contributed by atoms with Gasteiger partial charge >= 0.3 is 5.97 Å². The maximum Gasteiger partial charge on any atom is 0.328 e. The predicted octanol–water partition coefficient (Wildman–Crippen LogP) is -1.47. The predicted molar refractivity (Wildman–Crippen MR) is 123 cm³/mol. The quantitative estimate of drug-likeness (QED) is 0.105. The molecule has 12 nitrogen and oxygen atoms in total. The van der Waals surface area contributed by atoms with Gasteiger partial charge in [-0.3, -0.25) is 14.6 Å². The Labute approximate surface area is 190 Å². The second-order valence-corrected chi connectivity index (χ2v) is 7.75. The number of nitrogens with two attached hydrogens (primary N) is 3. The van der Waals surface area contributed by atoms with Crippen LogP contribution in [-0.2, 0) is 20.8 Å². The number of fused-ring (bicyclic) bond motifs is 1. The van der Waals surface area contributed by atoms with Gasteiger partial charge in [-0.05, 0) is 31.4 Å². The molecule has 0 radical (unpaired) electrons. The molecule has 11 N–H and O–H groups in total. The van der Waals surface area contributed by atoms with Crippen LogP contribution in [0.15, 0.2) is 35.5 Å². The molecule has 1 aromatic carbocycles. The van der Waals surface area contributed by atoms with E-state index in [1.807, 2.05) is 24.3 Å². The van der Waals surface area contributed by atoms with Crippen molar-refractivity contribution in [3.63, 3.8) is 0 Å². The number of aliphatic hydroxyl groups is 1.